The number of fused-ring (bicyclic) bond motifs is 1. The van der Waals surface area contributed by atoms with E-state index in [0.717, 1.165) is 11.0 Å². The smallest absolute Gasteiger partial charge is 0.329 e. The van der Waals surface area contributed by atoms with Gasteiger partial charge in [-0.05, 0) is 6.92 Å². The van der Waals surface area contributed by atoms with E-state index < -0.39 is 29.4 Å². The molecule has 11 heteroatoms. The Balaban J connectivity index is 2.04. The Morgan fingerprint density at radius 3 is 2.34 bits per heavy atom. The fraction of sp³-hybridized carbons (Fsp3) is 0.286. The number of benzene rings is 1. The van der Waals surface area contributed by atoms with E-state index in [0.29, 0.717) is 23.4 Å². The quantitative estimate of drug-likeness (QED) is 0.648. The van der Waals surface area contributed by atoms with Crippen molar-refractivity contribution < 1.29 is 23.0 Å². The van der Waals surface area contributed by atoms with Crippen LogP contribution in [0.15, 0.2) is 30.7 Å². The molecule has 4 rings (SSSR count). The van der Waals surface area contributed by atoms with Crippen molar-refractivity contribution in [3.63, 3.8) is 0 Å². The molecule has 1 unspecified atom stereocenters. The highest BCUT2D eigenvalue weighted by Crippen LogP contribution is 2.47. The van der Waals surface area contributed by atoms with Gasteiger partial charge in [-0.3, -0.25) is 14.5 Å². The molecule has 3 heterocycles. The Bertz CT molecular complexity index is 1170. The highest BCUT2D eigenvalue weighted by molar-refractivity contribution is 6.07. The first-order valence-corrected chi connectivity index (χ1v) is 9.76. The highest BCUT2D eigenvalue weighted by atomic mass is 19.1. The fourth-order valence-corrected chi connectivity index (χ4v) is 3.82. The summed E-state index contributed by atoms with van der Waals surface area (Å²) in [5.74, 6) is -2.39. The number of carbonyl (C=O) groups excluding carboxylic acids is 1. The topological polar surface area (TPSA) is 98.7 Å². The molecule has 0 bridgehead atoms. The number of urea groups is 1. The third-order valence-electron chi connectivity index (χ3n) is 5.42. The zero-order valence-corrected chi connectivity index (χ0v) is 18.0. The van der Waals surface area contributed by atoms with E-state index in [4.69, 9.17) is 15.2 Å². The van der Waals surface area contributed by atoms with Crippen LogP contribution in [-0.4, -0.2) is 42.1 Å². The summed E-state index contributed by atoms with van der Waals surface area (Å²) in [6.07, 6.45) is 4.75. The molecular formula is C21H22F2N6O3. The second-order valence-corrected chi connectivity index (χ2v) is 7.17. The summed E-state index contributed by atoms with van der Waals surface area (Å²) in [5, 5.41) is 4.27. The number of halogens is 2. The van der Waals surface area contributed by atoms with E-state index >= 15 is 8.78 Å². The lowest BCUT2D eigenvalue weighted by molar-refractivity contribution is 0.249. The van der Waals surface area contributed by atoms with E-state index in [9.17, 15) is 4.79 Å². The van der Waals surface area contributed by atoms with E-state index in [1.54, 1.807) is 23.1 Å². The van der Waals surface area contributed by atoms with Crippen LogP contribution < -0.4 is 25.0 Å². The number of ether oxygens (including phenoxy) is 2. The second-order valence-electron chi connectivity index (χ2n) is 7.17. The largest absolute Gasteiger partial charge is 0.493 e. The lowest BCUT2D eigenvalue weighted by Crippen LogP contribution is -2.49. The monoisotopic (exact) mass is 444 g/mol. The molecule has 0 saturated carbocycles. The molecule has 0 aliphatic carbocycles. The van der Waals surface area contributed by atoms with Crippen LogP contribution in [0.4, 0.5) is 30.8 Å². The number of aryl methyl sites for hydroxylation is 1. The van der Waals surface area contributed by atoms with Gasteiger partial charge in [-0.2, -0.15) is 5.10 Å². The minimum atomic E-state index is -1.03. The number of hydrogen-bond donors (Lipinski definition) is 1. The molecule has 1 aromatic carbocycles. The first-order valence-electron chi connectivity index (χ1n) is 9.76. The number of nitrogens with zero attached hydrogens (tertiary/aromatic N) is 5. The molecule has 168 valence electrons. The molecule has 1 atom stereocenters. The molecule has 0 spiro atoms. The third-order valence-corrected chi connectivity index (χ3v) is 5.42. The number of aromatic nitrogens is 3. The summed E-state index contributed by atoms with van der Waals surface area (Å²) >= 11 is 0. The Morgan fingerprint density at radius 2 is 1.78 bits per heavy atom. The number of rotatable bonds is 5. The summed E-state index contributed by atoms with van der Waals surface area (Å²) in [7, 11) is 3.98. The number of methoxy groups -OCH3 is 2. The number of nitrogens with two attached hydrogens (primary N) is 1. The predicted molar refractivity (Wildman–Crippen MR) is 114 cm³/mol. The predicted octanol–water partition coefficient (Wildman–Crippen LogP) is 3.34. The van der Waals surface area contributed by atoms with Crippen LogP contribution in [0, 0.1) is 11.6 Å². The van der Waals surface area contributed by atoms with Gasteiger partial charge in [0.25, 0.3) is 0 Å². The van der Waals surface area contributed by atoms with Crippen LogP contribution in [0.1, 0.15) is 24.1 Å². The third kappa shape index (κ3) is 3.17. The van der Waals surface area contributed by atoms with E-state index in [2.05, 4.69) is 10.1 Å². The Kier molecular flexibility index (Phi) is 5.33. The van der Waals surface area contributed by atoms with E-state index in [1.807, 2.05) is 6.92 Å². The van der Waals surface area contributed by atoms with Gasteiger partial charge in [0.05, 0.1) is 32.1 Å². The van der Waals surface area contributed by atoms with Crippen LogP contribution in [0.3, 0.4) is 0 Å². The average Bonchev–Trinajstić information content (AvgIpc) is 3.26. The second kappa shape index (κ2) is 7.98. The van der Waals surface area contributed by atoms with Crippen molar-refractivity contribution in [1.82, 2.24) is 14.8 Å². The van der Waals surface area contributed by atoms with Crippen LogP contribution >= 0.6 is 0 Å². The Morgan fingerprint density at radius 1 is 1.12 bits per heavy atom. The van der Waals surface area contributed by atoms with Crippen LogP contribution in [0.25, 0.3) is 0 Å². The molecule has 1 aliphatic heterocycles. The van der Waals surface area contributed by atoms with Crippen molar-refractivity contribution in [3.05, 3.63) is 53.5 Å². The standard InChI is InChI=1S/C21H22F2N6O3/c1-5-28-10-11(8-26-28)19-12-9-25-16(24)6-13(12)27(2)21(30)29(19)20-17(22)14(31-3)7-15(32-4)18(20)23/h6-10,19H,5H2,1-4H3,(H2,24,25). The first kappa shape index (κ1) is 21.3. The molecule has 0 saturated heterocycles. The van der Waals surface area contributed by atoms with Crippen molar-refractivity contribution in [2.24, 2.45) is 0 Å². The van der Waals surface area contributed by atoms with E-state index in [-0.39, 0.29) is 17.3 Å². The average molecular weight is 444 g/mol. The maximum absolute atomic E-state index is 15.4. The molecule has 32 heavy (non-hydrogen) atoms. The number of carbonyl (C=O) groups is 1. The normalized spacial score (nSPS) is 15.7. The molecule has 0 radical (unpaired) electrons. The summed E-state index contributed by atoms with van der Waals surface area (Å²) in [6.45, 7) is 2.47. The lowest BCUT2D eigenvalue weighted by atomic mass is 9.96. The van der Waals surface area contributed by atoms with Crippen molar-refractivity contribution in [2.45, 2.75) is 19.5 Å². The van der Waals surface area contributed by atoms with Crippen LogP contribution in [0.2, 0.25) is 0 Å². The number of amides is 2. The maximum Gasteiger partial charge on any atom is 0.329 e. The molecule has 1 aliphatic rings. The summed E-state index contributed by atoms with van der Waals surface area (Å²) in [6, 6.07) is 1.03. The zero-order chi connectivity index (χ0) is 23.2. The first-order chi connectivity index (χ1) is 15.3. The number of hydrogen-bond acceptors (Lipinski definition) is 6. The number of nitrogen functional groups attached to an aromatic ring is 1. The van der Waals surface area contributed by atoms with Gasteiger partial charge in [0.1, 0.15) is 11.5 Å². The summed E-state index contributed by atoms with van der Waals surface area (Å²) in [5.41, 5.74) is 6.78. The molecule has 0 fully saturated rings. The van der Waals surface area contributed by atoms with E-state index in [1.165, 1.54) is 32.4 Å². The molecule has 9 nitrogen and oxygen atoms in total. The van der Waals surface area contributed by atoms with Gasteiger partial charge in [-0.25, -0.2) is 18.6 Å². The molecule has 2 N–H and O–H groups in total. The molecular weight excluding hydrogens is 422 g/mol. The van der Waals surface area contributed by atoms with Gasteiger partial charge in [-0.1, -0.05) is 0 Å². The van der Waals surface area contributed by atoms with Gasteiger partial charge in [0.15, 0.2) is 23.1 Å². The van der Waals surface area contributed by atoms with Gasteiger partial charge in [0.2, 0.25) is 0 Å². The van der Waals surface area contributed by atoms with Crippen molar-refractivity contribution in [1.29, 1.82) is 0 Å². The number of pyridine rings is 1. The summed E-state index contributed by atoms with van der Waals surface area (Å²) < 4.78 is 42.7. The lowest BCUT2D eigenvalue weighted by Gasteiger charge is -2.41. The van der Waals surface area contributed by atoms with Gasteiger partial charge < -0.3 is 15.2 Å². The van der Waals surface area contributed by atoms with Gasteiger partial charge >= 0.3 is 6.03 Å². The molecule has 2 aromatic heterocycles. The fourth-order valence-electron chi connectivity index (χ4n) is 3.82. The minimum Gasteiger partial charge on any atom is -0.493 e. The van der Waals surface area contributed by atoms with Crippen LogP contribution in [-0.2, 0) is 6.54 Å². The Labute approximate surface area is 183 Å². The SMILES string of the molecule is CCn1cc(C2c3cnc(N)cc3N(C)C(=O)N2c2c(F)c(OC)cc(OC)c2F)cn1. The van der Waals surface area contributed by atoms with Gasteiger partial charge in [-0.15, -0.1) is 0 Å². The van der Waals surface area contributed by atoms with Crippen molar-refractivity contribution >= 4 is 23.2 Å². The zero-order valence-electron chi connectivity index (χ0n) is 18.0. The maximum atomic E-state index is 15.4. The highest BCUT2D eigenvalue weighted by Gasteiger charge is 2.42. The molecule has 2 amide bonds. The van der Waals surface area contributed by atoms with Crippen LogP contribution in [0.5, 0.6) is 11.5 Å². The molecule has 3 aromatic rings. The van der Waals surface area contributed by atoms with Crippen molar-refractivity contribution in [2.75, 3.05) is 36.8 Å². The van der Waals surface area contributed by atoms with Gasteiger partial charge in [0, 0.05) is 49.2 Å². The Hall–Kier alpha value is -3.89. The summed E-state index contributed by atoms with van der Waals surface area (Å²) in [4.78, 5) is 19.9. The van der Waals surface area contributed by atoms with Crippen molar-refractivity contribution in [3.8, 4) is 11.5 Å². The number of anilines is 3. The minimum absolute atomic E-state index is 0.209.